The van der Waals surface area contributed by atoms with Gasteiger partial charge < -0.3 is 9.84 Å². The monoisotopic (exact) mass is 170 g/mol. The number of aliphatic carboxylic acids is 1. The van der Waals surface area contributed by atoms with Gasteiger partial charge in [-0.2, -0.15) is 0 Å². The van der Waals surface area contributed by atoms with Crippen LogP contribution in [-0.2, 0) is 14.3 Å². The third kappa shape index (κ3) is 1.64. The number of hydrogen-bond donors (Lipinski definition) is 1. The molecule has 0 bridgehead atoms. The molecule has 0 aromatic rings. The van der Waals surface area contributed by atoms with Crippen LogP contribution in [0, 0.1) is 5.41 Å². The summed E-state index contributed by atoms with van der Waals surface area (Å²) in [6.45, 7) is 0. The molecule has 1 rings (SSSR count). The molecular weight excluding hydrogens is 160 g/mol. The molecule has 0 unspecified atom stereocenters. The van der Waals surface area contributed by atoms with Crippen LogP contribution in [0.3, 0.4) is 0 Å². The Labute approximate surface area is 69.8 Å². The Kier molecular flexibility index (Phi) is 2.17. The minimum Gasteiger partial charge on any atom is -0.481 e. The van der Waals surface area contributed by atoms with E-state index in [-0.39, 0.29) is 0 Å². The molecule has 66 valence electrons. The molecule has 0 spiro atoms. The lowest BCUT2D eigenvalue weighted by molar-refractivity contribution is -0.141. The van der Waals surface area contributed by atoms with E-state index in [2.05, 4.69) is 4.74 Å². The fraction of sp³-hybridized carbons (Fsp3) is 0.500. The minimum atomic E-state index is -0.873. The Bertz CT molecular complexity index is 237. The van der Waals surface area contributed by atoms with Crippen molar-refractivity contribution in [3.05, 3.63) is 12.2 Å². The van der Waals surface area contributed by atoms with Crippen LogP contribution < -0.4 is 0 Å². The van der Waals surface area contributed by atoms with Crippen molar-refractivity contribution in [2.45, 2.75) is 12.8 Å². The molecule has 0 radical (unpaired) electrons. The number of esters is 1. The molecule has 0 heterocycles. The summed E-state index contributed by atoms with van der Waals surface area (Å²) in [7, 11) is 1.26. The number of carboxylic acids is 1. The first kappa shape index (κ1) is 8.77. The lowest BCUT2D eigenvalue weighted by atomic mass is 10.1. The topological polar surface area (TPSA) is 63.6 Å². The molecule has 0 aliphatic heterocycles. The van der Waals surface area contributed by atoms with Gasteiger partial charge in [-0.3, -0.25) is 4.79 Å². The summed E-state index contributed by atoms with van der Waals surface area (Å²) in [5, 5.41) is 8.69. The second kappa shape index (κ2) is 2.97. The van der Waals surface area contributed by atoms with E-state index in [0.717, 1.165) is 0 Å². The van der Waals surface area contributed by atoms with Crippen molar-refractivity contribution in [3.8, 4) is 0 Å². The van der Waals surface area contributed by atoms with Crippen molar-refractivity contribution in [1.29, 1.82) is 0 Å². The lowest BCUT2D eigenvalue weighted by Crippen LogP contribution is -2.12. The average Bonchev–Trinajstić information content (AvgIpc) is 2.81. The molecule has 4 heteroatoms. The summed E-state index contributed by atoms with van der Waals surface area (Å²) in [6.07, 6.45) is 3.79. The normalized spacial score (nSPS) is 19.1. The van der Waals surface area contributed by atoms with Gasteiger partial charge in [0.1, 0.15) is 0 Å². The van der Waals surface area contributed by atoms with Crippen molar-refractivity contribution >= 4 is 11.9 Å². The van der Waals surface area contributed by atoms with Gasteiger partial charge in [-0.25, -0.2) is 4.79 Å². The van der Waals surface area contributed by atoms with Gasteiger partial charge in [0.05, 0.1) is 12.5 Å². The van der Waals surface area contributed by atoms with Gasteiger partial charge in [0.15, 0.2) is 0 Å². The molecule has 1 N–H and O–H groups in total. The fourth-order valence-electron chi connectivity index (χ4n) is 0.882. The van der Waals surface area contributed by atoms with Gasteiger partial charge in [0, 0.05) is 6.08 Å². The highest BCUT2D eigenvalue weighted by atomic mass is 16.5. The third-order valence-corrected chi connectivity index (χ3v) is 1.95. The zero-order chi connectivity index (χ0) is 9.19. The molecule has 1 saturated carbocycles. The van der Waals surface area contributed by atoms with E-state index in [1.807, 2.05) is 0 Å². The van der Waals surface area contributed by atoms with Crippen LogP contribution in [0.15, 0.2) is 12.2 Å². The van der Waals surface area contributed by atoms with E-state index in [9.17, 15) is 9.59 Å². The van der Waals surface area contributed by atoms with Crippen LogP contribution in [0.4, 0.5) is 0 Å². The van der Waals surface area contributed by atoms with Gasteiger partial charge in [-0.15, -0.1) is 0 Å². The summed E-state index contributed by atoms with van der Waals surface area (Å²) in [5.74, 6) is -1.38. The number of carbonyl (C=O) groups is 2. The summed E-state index contributed by atoms with van der Waals surface area (Å²) in [5.41, 5.74) is -0.784. The van der Waals surface area contributed by atoms with Crippen molar-refractivity contribution < 1.29 is 19.4 Å². The second-order valence-corrected chi connectivity index (χ2v) is 2.82. The van der Waals surface area contributed by atoms with Gasteiger partial charge in [0.25, 0.3) is 0 Å². The number of hydrogen-bond acceptors (Lipinski definition) is 3. The lowest BCUT2D eigenvalue weighted by Gasteiger charge is -2.00. The molecule has 0 aromatic heterocycles. The third-order valence-electron chi connectivity index (χ3n) is 1.95. The van der Waals surface area contributed by atoms with Crippen LogP contribution in [0.25, 0.3) is 0 Å². The first-order chi connectivity index (χ1) is 5.60. The van der Waals surface area contributed by atoms with Crippen molar-refractivity contribution in [3.63, 3.8) is 0 Å². The van der Waals surface area contributed by atoms with Crippen LogP contribution in [0.5, 0.6) is 0 Å². The summed E-state index contributed by atoms with van der Waals surface area (Å²) < 4.78 is 4.33. The second-order valence-electron chi connectivity index (χ2n) is 2.82. The molecule has 0 amide bonds. The number of carboxylic acid groups (broad SMARTS) is 1. The Hall–Kier alpha value is -1.32. The minimum absolute atomic E-state index is 0.512. The van der Waals surface area contributed by atoms with Crippen LogP contribution in [0.1, 0.15) is 12.8 Å². The molecular formula is C8H10O4. The zero-order valence-electron chi connectivity index (χ0n) is 6.74. The van der Waals surface area contributed by atoms with Crippen LogP contribution in [0.2, 0.25) is 0 Å². The maximum atomic E-state index is 10.6. The highest BCUT2D eigenvalue weighted by molar-refractivity contribution is 5.86. The van der Waals surface area contributed by atoms with Crippen LogP contribution in [-0.4, -0.2) is 24.2 Å². The van der Waals surface area contributed by atoms with E-state index in [4.69, 9.17) is 5.11 Å². The average molecular weight is 170 g/mol. The molecule has 1 fully saturated rings. The molecule has 0 saturated heterocycles. The van der Waals surface area contributed by atoms with E-state index in [1.54, 1.807) is 0 Å². The van der Waals surface area contributed by atoms with E-state index < -0.39 is 17.4 Å². The first-order valence-electron chi connectivity index (χ1n) is 3.61. The largest absolute Gasteiger partial charge is 0.481 e. The van der Waals surface area contributed by atoms with Gasteiger partial charge >= 0.3 is 11.9 Å². The maximum Gasteiger partial charge on any atom is 0.330 e. The Morgan fingerprint density at radius 1 is 1.50 bits per heavy atom. The fourth-order valence-corrected chi connectivity index (χ4v) is 0.882. The highest BCUT2D eigenvalue weighted by Gasteiger charge is 2.47. The zero-order valence-corrected chi connectivity index (χ0v) is 6.74. The number of methoxy groups -OCH3 is 1. The highest BCUT2D eigenvalue weighted by Crippen LogP contribution is 2.47. The van der Waals surface area contributed by atoms with Gasteiger partial charge in [-0.05, 0) is 12.8 Å². The van der Waals surface area contributed by atoms with E-state index in [1.165, 1.54) is 19.3 Å². The Morgan fingerprint density at radius 2 is 2.08 bits per heavy atom. The molecule has 1 aliphatic rings. The van der Waals surface area contributed by atoms with Crippen LogP contribution >= 0.6 is 0 Å². The predicted octanol–water partition coefficient (Wildman–Crippen LogP) is 0.580. The van der Waals surface area contributed by atoms with E-state index in [0.29, 0.717) is 12.8 Å². The molecule has 1 aliphatic carbocycles. The number of carbonyl (C=O) groups excluding carboxylic acids is 1. The standard InChI is InChI=1S/C8H10O4/c1-12-6(9)2-3-8(4-5-8)7(10)11/h2-3H,4-5H2,1H3,(H,10,11). The predicted molar refractivity (Wildman–Crippen MR) is 40.5 cm³/mol. The van der Waals surface area contributed by atoms with Crippen molar-refractivity contribution in [2.75, 3.05) is 7.11 Å². The summed E-state index contributed by atoms with van der Waals surface area (Å²) >= 11 is 0. The molecule has 0 aromatic carbocycles. The summed E-state index contributed by atoms with van der Waals surface area (Å²) in [6, 6.07) is 0. The number of rotatable bonds is 3. The van der Waals surface area contributed by atoms with E-state index >= 15 is 0 Å². The molecule has 0 atom stereocenters. The first-order valence-corrected chi connectivity index (χ1v) is 3.61. The van der Waals surface area contributed by atoms with Crippen molar-refractivity contribution in [1.82, 2.24) is 0 Å². The van der Waals surface area contributed by atoms with Crippen molar-refractivity contribution in [2.24, 2.45) is 5.41 Å². The van der Waals surface area contributed by atoms with Gasteiger partial charge in [-0.1, -0.05) is 6.08 Å². The molecule has 12 heavy (non-hydrogen) atoms. The quantitative estimate of drug-likeness (QED) is 0.497. The SMILES string of the molecule is COC(=O)C=CC1(C(=O)O)CC1. The maximum absolute atomic E-state index is 10.6. The van der Waals surface area contributed by atoms with Gasteiger partial charge in [0.2, 0.25) is 0 Å². The smallest absolute Gasteiger partial charge is 0.330 e. The Morgan fingerprint density at radius 3 is 2.42 bits per heavy atom. The summed E-state index contributed by atoms with van der Waals surface area (Å²) in [4.78, 5) is 21.2. The number of ether oxygens (including phenoxy) is 1. The Balaban J connectivity index is 2.56. The molecule has 4 nitrogen and oxygen atoms in total.